The van der Waals surface area contributed by atoms with Gasteiger partial charge in [-0.25, -0.2) is 4.79 Å². The number of carboxylic acid groups (broad SMARTS) is 3. The molecule has 0 saturated carbocycles. The van der Waals surface area contributed by atoms with Crippen molar-refractivity contribution < 1.29 is 63.3 Å². The zero-order chi connectivity index (χ0) is 48.8. The molecule has 0 aliphatic carbocycles. The van der Waals surface area contributed by atoms with Gasteiger partial charge in [0.25, 0.3) is 0 Å². The maximum absolute atomic E-state index is 13.9. The number of primary amides is 1. The molecule has 65 heavy (non-hydrogen) atoms. The average molecular weight is 911 g/mol. The summed E-state index contributed by atoms with van der Waals surface area (Å²) in [5, 5.41) is 43.3. The van der Waals surface area contributed by atoms with E-state index in [1.807, 2.05) is 6.07 Å². The fraction of sp³-hybridized carbons (Fsp3) is 0.500. The molecule has 0 saturated heterocycles. The van der Waals surface area contributed by atoms with Crippen LogP contribution < -0.4 is 43.4 Å². The minimum absolute atomic E-state index is 0.0333. The normalized spacial score (nSPS) is 14.3. The Morgan fingerprint density at radius 3 is 1.26 bits per heavy atom. The second kappa shape index (κ2) is 27.3. The van der Waals surface area contributed by atoms with E-state index in [-0.39, 0.29) is 25.2 Å². The van der Waals surface area contributed by atoms with Crippen molar-refractivity contribution in [1.29, 1.82) is 0 Å². The second-order valence-electron chi connectivity index (χ2n) is 16.4. The number of aliphatic carboxylic acids is 3. The predicted octanol–water partition coefficient (Wildman–Crippen LogP) is -0.510. The van der Waals surface area contributed by atoms with Gasteiger partial charge in [0.2, 0.25) is 41.4 Å². The molecule has 0 spiro atoms. The maximum atomic E-state index is 13.9. The summed E-state index contributed by atoms with van der Waals surface area (Å²) in [4.78, 5) is 129. The predicted molar refractivity (Wildman–Crippen MR) is 234 cm³/mol. The molecular weight excluding hydrogens is 849 g/mol. The van der Waals surface area contributed by atoms with Crippen LogP contribution >= 0.6 is 0 Å². The number of benzene rings is 2. The van der Waals surface area contributed by atoms with Gasteiger partial charge in [0.15, 0.2) is 0 Å². The highest BCUT2D eigenvalue weighted by Gasteiger charge is 2.35. The molecule has 7 amide bonds. The Labute approximate surface area is 376 Å². The Morgan fingerprint density at radius 1 is 0.492 bits per heavy atom. The van der Waals surface area contributed by atoms with E-state index in [0.29, 0.717) is 5.56 Å². The number of nitrogens with two attached hydrogens (primary N) is 2. The third kappa shape index (κ3) is 20.4. The van der Waals surface area contributed by atoms with Gasteiger partial charge in [-0.05, 0) is 55.1 Å². The number of hydrogen-bond acceptors (Lipinski definition) is 11. The smallest absolute Gasteiger partial charge is 0.326 e. The summed E-state index contributed by atoms with van der Waals surface area (Å²) < 4.78 is 0. The molecule has 13 N–H and O–H groups in total. The summed E-state index contributed by atoms with van der Waals surface area (Å²) in [6.07, 6.45) is -3.30. The van der Waals surface area contributed by atoms with Crippen LogP contribution in [0.3, 0.4) is 0 Å². The molecule has 2 rings (SSSR count). The molecular formula is C44H62N8O13. The zero-order valence-electron chi connectivity index (χ0n) is 36.9. The Balaban J connectivity index is 2.34. The molecule has 21 nitrogen and oxygen atoms in total. The Bertz CT molecular complexity index is 1970. The van der Waals surface area contributed by atoms with Crippen molar-refractivity contribution in [2.75, 3.05) is 0 Å². The standard InChI is InChI=1S/C44H62N8O13/c1-24(2)21-32(50-43(63)37(25(3)4)52-38(58)28(45)22-26-11-7-5-8-12-26)42(62)49-29(15-18-34(46)53)39(59)47-30(16-19-35(54)55)40(60)48-31(17-20-36(56)57)41(61)51-33(44(64)65)23-27-13-9-6-10-14-27/h5-14,24-25,28-33,37H,15-23,45H2,1-4H3,(H2,46,53)(H,47,59)(H,48,60)(H,49,62)(H,50,63)(H,51,61)(H,52,58)(H,54,55)(H,56,57)(H,64,65)/t28-,29-,30-,31-,32-,33-,37-/m0/s1. The van der Waals surface area contributed by atoms with Gasteiger partial charge in [0.05, 0.1) is 6.04 Å². The van der Waals surface area contributed by atoms with Gasteiger partial charge < -0.3 is 58.7 Å². The van der Waals surface area contributed by atoms with Crippen LogP contribution in [0.15, 0.2) is 60.7 Å². The van der Waals surface area contributed by atoms with Gasteiger partial charge in [0, 0.05) is 25.7 Å². The number of carbonyl (C=O) groups is 10. The van der Waals surface area contributed by atoms with Gasteiger partial charge in [-0.3, -0.25) is 43.2 Å². The van der Waals surface area contributed by atoms with Crippen LogP contribution in [-0.4, -0.2) is 117 Å². The zero-order valence-corrected chi connectivity index (χ0v) is 36.9. The van der Waals surface area contributed by atoms with Crippen LogP contribution in [0.4, 0.5) is 0 Å². The molecule has 2 aromatic carbocycles. The van der Waals surface area contributed by atoms with Crippen molar-refractivity contribution in [2.45, 2.75) is 128 Å². The lowest BCUT2D eigenvalue weighted by molar-refractivity contribution is -0.143. The molecule has 0 heterocycles. The topological polar surface area (TPSA) is 356 Å². The first kappa shape index (κ1) is 54.2. The van der Waals surface area contributed by atoms with Gasteiger partial charge in [-0.15, -0.1) is 0 Å². The van der Waals surface area contributed by atoms with Crippen LogP contribution in [0.1, 0.15) is 83.8 Å². The van der Waals surface area contributed by atoms with Gasteiger partial charge in [-0.2, -0.15) is 0 Å². The van der Waals surface area contributed by atoms with Crippen LogP contribution in [0.2, 0.25) is 0 Å². The molecule has 0 radical (unpaired) electrons. The number of amides is 7. The molecule has 0 aliphatic rings. The van der Waals surface area contributed by atoms with Crippen LogP contribution in [0, 0.1) is 11.8 Å². The van der Waals surface area contributed by atoms with E-state index in [1.54, 1.807) is 82.3 Å². The first-order valence-corrected chi connectivity index (χ1v) is 21.2. The lowest BCUT2D eigenvalue weighted by Crippen LogP contribution is -2.60. The maximum Gasteiger partial charge on any atom is 0.326 e. The minimum atomic E-state index is -1.74. The van der Waals surface area contributed by atoms with Crippen LogP contribution in [-0.2, 0) is 60.8 Å². The number of hydrogen-bond donors (Lipinski definition) is 11. The number of carboxylic acids is 3. The second-order valence-corrected chi connectivity index (χ2v) is 16.4. The summed E-state index contributed by atoms with van der Waals surface area (Å²) in [5.74, 6) is -11.3. The quantitative estimate of drug-likeness (QED) is 0.0490. The molecule has 2 aromatic rings. The molecule has 0 aliphatic heterocycles. The highest BCUT2D eigenvalue weighted by atomic mass is 16.4. The van der Waals surface area contributed by atoms with Crippen LogP contribution in [0.5, 0.6) is 0 Å². The first-order valence-electron chi connectivity index (χ1n) is 21.2. The van der Waals surface area contributed by atoms with E-state index in [4.69, 9.17) is 11.5 Å². The molecule has 21 heteroatoms. The average Bonchev–Trinajstić information content (AvgIpc) is 3.23. The van der Waals surface area contributed by atoms with E-state index in [0.717, 1.165) is 5.56 Å². The van der Waals surface area contributed by atoms with Crippen molar-refractivity contribution in [3.8, 4) is 0 Å². The van der Waals surface area contributed by atoms with Gasteiger partial charge >= 0.3 is 17.9 Å². The Hall–Kier alpha value is -6.90. The molecule has 0 bridgehead atoms. The summed E-state index contributed by atoms with van der Waals surface area (Å²) in [7, 11) is 0. The van der Waals surface area contributed by atoms with Crippen molar-refractivity contribution in [3.05, 3.63) is 71.8 Å². The van der Waals surface area contributed by atoms with Crippen LogP contribution in [0.25, 0.3) is 0 Å². The Kier molecular flexibility index (Phi) is 22.8. The fourth-order valence-corrected chi connectivity index (χ4v) is 6.49. The molecule has 356 valence electrons. The summed E-state index contributed by atoms with van der Waals surface area (Å²) >= 11 is 0. The third-order valence-electron chi connectivity index (χ3n) is 9.99. The van der Waals surface area contributed by atoms with E-state index >= 15 is 0 Å². The minimum Gasteiger partial charge on any atom is -0.481 e. The summed E-state index contributed by atoms with van der Waals surface area (Å²) in [5.41, 5.74) is 12.9. The van der Waals surface area contributed by atoms with E-state index < -0.39 is 146 Å². The highest BCUT2D eigenvalue weighted by molar-refractivity contribution is 5.97. The first-order chi connectivity index (χ1) is 30.6. The monoisotopic (exact) mass is 910 g/mol. The Morgan fingerprint density at radius 2 is 0.877 bits per heavy atom. The van der Waals surface area contributed by atoms with E-state index in [9.17, 15) is 63.3 Å². The molecule has 7 atom stereocenters. The number of carbonyl (C=O) groups excluding carboxylic acids is 7. The lowest BCUT2D eigenvalue weighted by atomic mass is 9.98. The highest BCUT2D eigenvalue weighted by Crippen LogP contribution is 2.12. The van der Waals surface area contributed by atoms with Crippen molar-refractivity contribution >= 4 is 59.3 Å². The summed E-state index contributed by atoms with van der Waals surface area (Å²) in [6, 6.07) is 7.26. The van der Waals surface area contributed by atoms with E-state index in [2.05, 4.69) is 31.9 Å². The van der Waals surface area contributed by atoms with E-state index in [1.165, 1.54) is 0 Å². The molecule has 0 fully saturated rings. The van der Waals surface area contributed by atoms with Crippen molar-refractivity contribution in [1.82, 2.24) is 31.9 Å². The van der Waals surface area contributed by atoms with Gasteiger partial charge in [-0.1, -0.05) is 88.4 Å². The molecule has 0 unspecified atom stereocenters. The van der Waals surface area contributed by atoms with Gasteiger partial charge in [0.1, 0.15) is 36.3 Å². The molecule has 0 aromatic heterocycles. The fourth-order valence-electron chi connectivity index (χ4n) is 6.49. The number of rotatable bonds is 29. The third-order valence-corrected chi connectivity index (χ3v) is 9.99. The SMILES string of the molecule is CC(C)C[C@H](NC(=O)[C@@H](NC(=O)[C@@H](N)Cc1ccccc1)C(C)C)C(=O)N[C@@H](CCC(N)=O)C(=O)N[C@@H](CCC(=O)O)C(=O)N[C@@H](CCC(=O)O)C(=O)N[C@@H](Cc1ccccc1)C(=O)O. The van der Waals surface area contributed by atoms with Crippen molar-refractivity contribution in [3.63, 3.8) is 0 Å². The lowest BCUT2D eigenvalue weighted by Gasteiger charge is -2.29. The largest absolute Gasteiger partial charge is 0.481 e. The summed E-state index contributed by atoms with van der Waals surface area (Å²) in [6.45, 7) is 6.86. The van der Waals surface area contributed by atoms with Crippen molar-refractivity contribution in [2.24, 2.45) is 23.3 Å². The number of nitrogens with one attached hydrogen (secondary N) is 6.